The van der Waals surface area contributed by atoms with Gasteiger partial charge in [-0.2, -0.15) is 18.3 Å². The second kappa shape index (κ2) is 8.93. The van der Waals surface area contributed by atoms with E-state index >= 15 is 0 Å². The van der Waals surface area contributed by atoms with Crippen LogP contribution in [0.3, 0.4) is 0 Å². The largest absolute Gasteiger partial charge is 0.493 e. The number of ether oxygens (including phenoxy) is 2. The van der Waals surface area contributed by atoms with Crippen molar-refractivity contribution in [1.29, 1.82) is 0 Å². The van der Waals surface area contributed by atoms with E-state index in [1.807, 2.05) is 13.1 Å². The molecule has 1 atom stereocenters. The first-order chi connectivity index (χ1) is 14.9. The van der Waals surface area contributed by atoms with Gasteiger partial charge in [0.25, 0.3) is 0 Å². The summed E-state index contributed by atoms with van der Waals surface area (Å²) >= 11 is 0. The number of anilines is 1. The van der Waals surface area contributed by atoms with E-state index in [1.165, 1.54) is 12.1 Å². The van der Waals surface area contributed by atoms with Gasteiger partial charge in [-0.15, -0.1) is 0 Å². The molecule has 0 aliphatic carbocycles. The van der Waals surface area contributed by atoms with Crippen LogP contribution < -0.4 is 9.64 Å². The van der Waals surface area contributed by atoms with Gasteiger partial charge in [-0.05, 0) is 24.3 Å². The predicted octanol–water partition coefficient (Wildman–Crippen LogP) is 3.43. The zero-order valence-electron chi connectivity index (χ0n) is 16.9. The second-order valence-electron chi connectivity index (χ2n) is 7.18. The van der Waals surface area contributed by atoms with Crippen molar-refractivity contribution in [3.8, 4) is 5.75 Å². The highest BCUT2D eigenvalue weighted by Gasteiger charge is 2.30. The van der Waals surface area contributed by atoms with Crippen LogP contribution in [0.2, 0.25) is 0 Å². The molecule has 0 spiro atoms. The number of nitrogens with zero attached hydrogens (tertiary/aromatic N) is 5. The van der Waals surface area contributed by atoms with E-state index < -0.39 is 11.7 Å². The highest BCUT2D eigenvalue weighted by atomic mass is 19.4. The molecule has 164 valence electrons. The minimum absolute atomic E-state index is 0.187. The molecule has 2 aromatic heterocycles. The molecular formula is C21H22F3N5O2. The summed E-state index contributed by atoms with van der Waals surface area (Å²) in [6.07, 6.45) is 0.907. The molecule has 1 fully saturated rings. The van der Waals surface area contributed by atoms with Gasteiger partial charge in [0, 0.05) is 38.1 Å². The fourth-order valence-electron chi connectivity index (χ4n) is 3.45. The molecule has 1 aliphatic rings. The predicted molar refractivity (Wildman–Crippen MR) is 107 cm³/mol. The molecule has 1 unspecified atom stereocenters. The number of aromatic nitrogens is 4. The molecule has 0 amide bonds. The third kappa shape index (κ3) is 5.13. The number of halogens is 3. The zero-order valence-corrected chi connectivity index (χ0v) is 16.9. The Hall–Kier alpha value is -3.14. The number of rotatable bonds is 6. The topological polar surface area (TPSA) is 65.3 Å². The SMILES string of the molecule is Cn1nc(C2CN(c3cnccn3)CCO2)cc1CCOc1cccc(C(F)(F)F)c1. The number of morpholine rings is 1. The van der Waals surface area contributed by atoms with E-state index in [9.17, 15) is 13.2 Å². The molecule has 3 aromatic rings. The Kier molecular flexibility index (Phi) is 6.08. The van der Waals surface area contributed by atoms with Crippen molar-refractivity contribution in [3.63, 3.8) is 0 Å². The molecule has 31 heavy (non-hydrogen) atoms. The van der Waals surface area contributed by atoms with Crippen LogP contribution in [0.1, 0.15) is 23.1 Å². The molecule has 3 heterocycles. The molecule has 1 saturated heterocycles. The molecule has 0 saturated carbocycles. The third-order valence-corrected chi connectivity index (χ3v) is 5.05. The fraction of sp³-hybridized carbons (Fsp3) is 0.381. The van der Waals surface area contributed by atoms with Crippen LogP contribution in [0, 0.1) is 0 Å². The number of hydrogen-bond donors (Lipinski definition) is 0. The van der Waals surface area contributed by atoms with Gasteiger partial charge < -0.3 is 14.4 Å². The van der Waals surface area contributed by atoms with E-state index in [2.05, 4.69) is 20.0 Å². The molecular weight excluding hydrogens is 411 g/mol. The van der Waals surface area contributed by atoms with Crippen molar-refractivity contribution < 1.29 is 22.6 Å². The Bertz CT molecular complexity index is 1010. The Balaban J connectivity index is 1.37. The molecule has 0 radical (unpaired) electrons. The molecule has 0 N–H and O–H groups in total. The summed E-state index contributed by atoms with van der Waals surface area (Å²) in [6, 6.07) is 6.82. The number of benzene rings is 1. The van der Waals surface area contributed by atoms with Gasteiger partial charge in [0.05, 0.1) is 37.2 Å². The number of alkyl halides is 3. The number of aryl methyl sites for hydroxylation is 1. The highest BCUT2D eigenvalue weighted by molar-refractivity contribution is 5.36. The normalized spacial score (nSPS) is 17.0. The summed E-state index contributed by atoms with van der Waals surface area (Å²) < 4.78 is 51.7. The highest BCUT2D eigenvalue weighted by Crippen LogP contribution is 2.31. The molecule has 0 bridgehead atoms. The maximum absolute atomic E-state index is 12.8. The Morgan fingerprint density at radius 2 is 2.10 bits per heavy atom. The van der Waals surface area contributed by atoms with Gasteiger partial charge in [-0.1, -0.05) is 6.07 Å². The molecule has 10 heteroatoms. The van der Waals surface area contributed by atoms with Gasteiger partial charge in [0.15, 0.2) is 0 Å². The van der Waals surface area contributed by atoms with Crippen molar-refractivity contribution in [1.82, 2.24) is 19.7 Å². The van der Waals surface area contributed by atoms with Gasteiger partial charge in [-0.3, -0.25) is 9.67 Å². The van der Waals surface area contributed by atoms with Crippen molar-refractivity contribution in [3.05, 3.63) is 65.9 Å². The summed E-state index contributed by atoms with van der Waals surface area (Å²) in [4.78, 5) is 10.6. The minimum Gasteiger partial charge on any atom is -0.493 e. The minimum atomic E-state index is -4.39. The Morgan fingerprint density at radius 1 is 1.23 bits per heavy atom. The van der Waals surface area contributed by atoms with E-state index in [-0.39, 0.29) is 18.5 Å². The Labute approximate surface area is 177 Å². The standard InChI is InChI=1S/C21H22F3N5O2/c1-28-16(5-9-30-17-4-2-3-15(11-17)21(22,23)24)12-18(27-28)19-14-29(8-10-31-19)20-13-25-6-7-26-20/h2-4,6-7,11-13,19H,5,8-10,14H2,1H3. The average molecular weight is 433 g/mol. The molecule has 7 nitrogen and oxygen atoms in total. The van der Waals surface area contributed by atoms with Crippen LogP contribution in [0.25, 0.3) is 0 Å². The van der Waals surface area contributed by atoms with Crippen LogP contribution in [0.4, 0.5) is 19.0 Å². The summed E-state index contributed by atoms with van der Waals surface area (Å²) in [5.41, 5.74) is 0.974. The van der Waals surface area contributed by atoms with E-state index in [4.69, 9.17) is 9.47 Å². The van der Waals surface area contributed by atoms with Crippen LogP contribution in [0.15, 0.2) is 48.9 Å². The van der Waals surface area contributed by atoms with Crippen molar-refractivity contribution in [2.75, 3.05) is 31.2 Å². The lowest BCUT2D eigenvalue weighted by Gasteiger charge is -2.32. The molecule has 1 aliphatic heterocycles. The van der Waals surface area contributed by atoms with E-state index in [1.54, 1.807) is 23.3 Å². The maximum atomic E-state index is 12.8. The first kappa shape index (κ1) is 21.1. The second-order valence-corrected chi connectivity index (χ2v) is 7.18. The lowest BCUT2D eigenvalue weighted by atomic mass is 10.2. The first-order valence-corrected chi connectivity index (χ1v) is 9.85. The quantitative estimate of drug-likeness (QED) is 0.594. The smallest absolute Gasteiger partial charge is 0.416 e. The van der Waals surface area contributed by atoms with Gasteiger partial charge in [0.2, 0.25) is 0 Å². The van der Waals surface area contributed by atoms with Gasteiger partial charge in [-0.25, -0.2) is 4.98 Å². The van der Waals surface area contributed by atoms with Crippen molar-refractivity contribution in [2.45, 2.75) is 18.7 Å². The summed E-state index contributed by atoms with van der Waals surface area (Å²) in [5.74, 6) is 0.980. The van der Waals surface area contributed by atoms with Crippen LogP contribution in [-0.4, -0.2) is 46.1 Å². The third-order valence-electron chi connectivity index (χ3n) is 5.05. The molecule has 4 rings (SSSR count). The summed E-state index contributed by atoms with van der Waals surface area (Å²) in [5, 5.41) is 4.56. The van der Waals surface area contributed by atoms with Gasteiger partial charge in [0.1, 0.15) is 17.7 Å². The number of hydrogen-bond acceptors (Lipinski definition) is 6. The monoisotopic (exact) mass is 433 g/mol. The van der Waals surface area contributed by atoms with Crippen LogP contribution in [0.5, 0.6) is 5.75 Å². The van der Waals surface area contributed by atoms with Crippen molar-refractivity contribution in [2.24, 2.45) is 7.05 Å². The Morgan fingerprint density at radius 3 is 2.87 bits per heavy atom. The lowest BCUT2D eigenvalue weighted by Crippen LogP contribution is -2.39. The molecule has 1 aromatic carbocycles. The fourth-order valence-corrected chi connectivity index (χ4v) is 3.45. The van der Waals surface area contributed by atoms with Gasteiger partial charge >= 0.3 is 6.18 Å². The summed E-state index contributed by atoms with van der Waals surface area (Å²) in [7, 11) is 1.83. The van der Waals surface area contributed by atoms with Crippen LogP contribution in [-0.2, 0) is 24.4 Å². The van der Waals surface area contributed by atoms with E-state index in [0.29, 0.717) is 19.6 Å². The summed E-state index contributed by atoms with van der Waals surface area (Å²) in [6.45, 7) is 2.11. The zero-order chi connectivity index (χ0) is 21.8. The van der Waals surface area contributed by atoms with Crippen molar-refractivity contribution >= 4 is 5.82 Å². The van der Waals surface area contributed by atoms with E-state index in [0.717, 1.165) is 35.9 Å². The average Bonchev–Trinajstić information content (AvgIpc) is 3.15. The van der Waals surface area contributed by atoms with Crippen LogP contribution >= 0.6 is 0 Å². The first-order valence-electron chi connectivity index (χ1n) is 9.85. The maximum Gasteiger partial charge on any atom is 0.416 e. The lowest BCUT2D eigenvalue weighted by molar-refractivity contribution is -0.137.